The van der Waals surface area contributed by atoms with Gasteiger partial charge in [0.05, 0.1) is 11.9 Å². The van der Waals surface area contributed by atoms with Gasteiger partial charge in [-0.15, -0.1) is 0 Å². The van der Waals surface area contributed by atoms with E-state index in [2.05, 4.69) is 49.6 Å². The van der Waals surface area contributed by atoms with Gasteiger partial charge >= 0.3 is 0 Å². The largest absolute Gasteiger partial charge is 0.348 e. The Morgan fingerprint density at radius 3 is 2.21 bits per heavy atom. The molecule has 4 heteroatoms. The third-order valence-electron chi connectivity index (χ3n) is 3.86. The first-order valence-electron chi connectivity index (χ1n) is 7.23. The minimum Gasteiger partial charge on any atom is -0.348 e. The molecule has 19 heavy (non-hydrogen) atoms. The van der Waals surface area contributed by atoms with E-state index in [1.165, 1.54) is 5.69 Å². The highest BCUT2D eigenvalue weighted by molar-refractivity contribution is 5.30. The summed E-state index contributed by atoms with van der Waals surface area (Å²) in [5.74, 6) is 3.16. The van der Waals surface area contributed by atoms with Crippen LogP contribution in [-0.2, 0) is 13.6 Å². The third kappa shape index (κ3) is 4.23. The van der Waals surface area contributed by atoms with Gasteiger partial charge in [0.2, 0.25) is 5.95 Å². The van der Waals surface area contributed by atoms with Crippen molar-refractivity contribution in [2.45, 2.75) is 34.2 Å². The van der Waals surface area contributed by atoms with Gasteiger partial charge in [-0.3, -0.25) is 0 Å². The number of aromatic nitrogens is 2. The van der Waals surface area contributed by atoms with Crippen LogP contribution >= 0.6 is 0 Å². The maximum absolute atomic E-state index is 4.43. The van der Waals surface area contributed by atoms with Gasteiger partial charge in [-0.25, -0.2) is 4.98 Å². The van der Waals surface area contributed by atoms with Crippen molar-refractivity contribution >= 4 is 5.95 Å². The van der Waals surface area contributed by atoms with Crippen molar-refractivity contribution in [2.24, 2.45) is 24.8 Å². The Morgan fingerprint density at radius 2 is 1.79 bits per heavy atom. The molecule has 1 aromatic rings. The van der Waals surface area contributed by atoms with Crippen LogP contribution in [0.1, 0.15) is 33.4 Å². The van der Waals surface area contributed by atoms with Gasteiger partial charge in [-0.2, -0.15) is 0 Å². The van der Waals surface area contributed by atoms with Crippen molar-refractivity contribution in [1.82, 2.24) is 14.9 Å². The van der Waals surface area contributed by atoms with Gasteiger partial charge < -0.3 is 14.8 Å². The molecule has 0 radical (unpaired) electrons. The third-order valence-corrected chi connectivity index (χ3v) is 3.86. The van der Waals surface area contributed by atoms with Gasteiger partial charge in [0.25, 0.3) is 0 Å². The summed E-state index contributed by atoms with van der Waals surface area (Å²) in [6, 6.07) is 0. The molecule has 4 nitrogen and oxygen atoms in total. The zero-order valence-electron chi connectivity index (χ0n) is 13.6. The quantitative estimate of drug-likeness (QED) is 0.823. The molecule has 0 saturated carbocycles. The molecule has 1 rings (SSSR count). The molecule has 1 heterocycles. The van der Waals surface area contributed by atoms with E-state index in [4.69, 9.17) is 0 Å². The van der Waals surface area contributed by atoms with E-state index in [1.54, 1.807) is 0 Å². The molecule has 0 aliphatic carbocycles. The topological polar surface area (TPSA) is 33.1 Å². The average molecular weight is 266 g/mol. The molecule has 0 aliphatic heterocycles. The summed E-state index contributed by atoms with van der Waals surface area (Å²) >= 11 is 0. The van der Waals surface area contributed by atoms with Gasteiger partial charge in [0.15, 0.2) is 0 Å². The van der Waals surface area contributed by atoms with Crippen molar-refractivity contribution in [2.75, 3.05) is 25.5 Å². The zero-order valence-corrected chi connectivity index (χ0v) is 13.6. The fourth-order valence-electron chi connectivity index (χ4n) is 2.62. The maximum Gasteiger partial charge on any atom is 0.204 e. The number of nitrogens with zero attached hydrogens (tertiary/aromatic N) is 3. The van der Waals surface area contributed by atoms with Crippen LogP contribution in [0.4, 0.5) is 5.95 Å². The molecule has 0 amide bonds. The lowest BCUT2D eigenvalue weighted by Gasteiger charge is -2.25. The molecule has 0 spiro atoms. The van der Waals surface area contributed by atoms with E-state index in [-0.39, 0.29) is 0 Å². The van der Waals surface area contributed by atoms with Gasteiger partial charge in [-0.05, 0) is 24.3 Å². The fourth-order valence-corrected chi connectivity index (χ4v) is 2.62. The lowest BCUT2D eigenvalue weighted by atomic mass is 9.85. The van der Waals surface area contributed by atoms with Crippen LogP contribution < -0.4 is 10.2 Å². The highest BCUT2D eigenvalue weighted by Gasteiger charge is 2.17. The van der Waals surface area contributed by atoms with Crippen LogP contribution in [0.3, 0.4) is 0 Å². The van der Waals surface area contributed by atoms with Crippen molar-refractivity contribution in [1.29, 1.82) is 0 Å². The zero-order chi connectivity index (χ0) is 14.6. The summed E-state index contributed by atoms with van der Waals surface area (Å²) < 4.78 is 2.15. The van der Waals surface area contributed by atoms with E-state index in [1.807, 2.05) is 25.2 Å². The second-order valence-corrected chi connectivity index (χ2v) is 6.29. The fraction of sp³-hybridized carbons (Fsp3) is 0.800. The van der Waals surface area contributed by atoms with Gasteiger partial charge in [0.1, 0.15) is 0 Å². The second kappa shape index (κ2) is 6.94. The van der Waals surface area contributed by atoms with Crippen LogP contribution in [-0.4, -0.2) is 30.2 Å². The lowest BCUT2D eigenvalue weighted by Crippen LogP contribution is -2.30. The minimum atomic E-state index is 0.719. The maximum atomic E-state index is 4.43. The second-order valence-electron chi connectivity index (χ2n) is 6.29. The van der Waals surface area contributed by atoms with E-state index in [0.29, 0.717) is 0 Å². The van der Waals surface area contributed by atoms with Crippen LogP contribution in [0, 0.1) is 17.8 Å². The highest BCUT2D eigenvalue weighted by Crippen LogP contribution is 2.19. The highest BCUT2D eigenvalue weighted by atomic mass is 15.3. The molecule has 0 atom stereocenters. The molecule has 110 valence electrons. The predicted octanol–water partition coefficient (Wildman–Crippen LogP) is 2.50. The Bertz CT molecular complexity index is 371. The molecule has 1 aromatic heterocycles. The van der Waals surface area contributed by atoms with Crippen molar-refractivity contribution in [3.8, 4) is 0 Å². The first-order valence-corrected chi connectivity index (χ1v) is 7.23. The number of hydrogen-bond donors (Lipinski definition) is 1. The summed E-state index contributed by atoms with van der Waals surface area (Å²) in [7, 11) is 6.11. The van der Waals surface area contributed by atoms with Crippen molar-refractivity contribution < 1.29 is 0 Å². The molecule has 0 saturated heterocycles. The van der Waals surface area contributed by atoms with Crippen molar-refractivity contribution in [3.63, 3.8) is 0 Å². The predicted molar refractivity (Wildman–Crippen MR) is 82.4 cm³/mol. The molecular weight excluding hydrogens is 236 g/mol. The standard InChI is InChI=1S/C15H30N4/c1-11(2)14(12(3)4)10-16-8-13-9-17-15(18(5)6)19(13)7/h9,11-12,14,16H,8,10H2,1-7H3. The lowest BCUT2D eigenvalue weighted by molar-refractivity contribution is 0.275. The number of nitrogens with one attached hydrogen (secondary N) is 1. The Labute approximate surface area is 118 Å². The molecule has 0 aliphatic rings. The Hall–Kier alpha value is -1.03. The van der Waals surface area contributed by atoms with E-state index >= 15 is 0 Å². The summed E-state index contributed by atoms with van der Waals surface area (Å²) in [5.41, 5.74) is 1.23. The first kappa shape index (κ1) is 16.0. The summed E-state index contributed by atoms with van der Waals surface area (Å²) in [5, 5.41) is 3.58. The van der Waals surface area contributed by atoms with Crippen molar-refractivity contribution in [3.05, 3.63) is 11.9 Å². The summed E-state index contributed by atoms with van der Waals surface area (Å²) in [6.45, 7) is 11.2. The molecule has 0 aromatic carbocycles. The SMILES string of the molecule is CC(C)C(CNCc1cnc(N(C)C)n1C)C(C)C. The first-order chi connectivity index (χ1) is 8.84. The van der Waals surface area contributed by atoms with Crippen LogP contribution in [0.2, 0.25) is 0 Å². The van der Waals surface area contributed by atoms with Crippen LogP contribution in [0.25, 0.3) is 0 Å². The summed E-state index contributed by atoms with van der Waals surface area (Å²) in [6.07, 6.45) is 1.96. The van der Waals surface area contributed by atoms with E-state index in [9.17, 15) is 0 Å². The average Bonchev–Trinajstić information content (AvgIpc) is 2.65. The Balaban J connectivity index is 2.53. The van der Waals surface area contributed by atoms with Crippen LogP contribution in [0.15, 0.2) is 6.20 Å². The number of anilines is 1. The Morgan fingerprint density at radius 1 is 1.21 bits per heavy atom. The van der Waals surface area contributed by atoms with Crippen LogP contribution in [0.5, 0.6) is 0 Å². The molecule has 0 unspecified atom stereocenters. The van der Waals surface area contributed by atoms with Gasteiger partial charge in [-0.1, -0.05) is 27.7 Å². The number of imidazole rings is 1. The number of hydrogen-bond acceptors (Lipinski definition) is 3. The monoisotopic (exact) mass is 266 g/mol. The minimum absolute atomic E-state index is 0.719. The number of rotatable bonds is 7. The normalized spacial score (nSPS) is 11.9. The summed E-state index contributed by atoms with van der Waals surface area (Å²) in [4.78, 5) is 6.47. The molecular formula is C15H30N4. The Kier molecular flexibility index (Phi) is 5.85. The van der Waals surface area contributed by atoms with Gasteiger partial charge in [0, 0.05) is 27.7 Å². The van der Waals surface area contributed by atoms with E-state index in [0.717, 1.165) is 36.8 Å². The molecule has 0 fully saturated rings. The van der Waals surface area contributed by atoms with E-state index < -0.39 is 0 Å². The smallest absolute Gasteiger partial charge is 0.204 e. The molecule has 1 N–H and O–H groups in total. The molecule has 0 bridgehead atoms.